The Balaban J connectivity index is 1.91. The van der Waals surface area contributed by atoms with Crippen LogP contribution in [0.25, 0.3) is 0 Å². The van der Waals surface area contributed by atoms with Gasteiger partial charge in [0.15, 0.2) is 0 Å². The Morgan fingerprint density at radius 3 is 2.70 bits per heavy atom. The fourth-order valence-electron chi connectivity index (χ4n) is 1.60. The van der Waals surface area contributed by atoms with Gasteiger partial charge >= 0.3 is 6.03 Å². The molecule has 0 aliphatic rings. The van der Waals surface area contributed by atoms with Gasteiger partial charge in [-0.1, -0.05) is 12.1 Å². The molecule has 0 saturated heterocycles. The van der Waals surface area contributed by atoms with E-state index in [0.717, 1.165) is 5.69 Å². The first kappa shape index (κ1) is 13.5. The molecule has 2 aromatic rings. The fraction of sp³-hybridized carbons (Fsp3) is 0.0714. The number of aromatic nitrogens is 1. The highest BCUT2D eigenvalue weighted by Gasteiger charge is 2.05. The van der Waals surface area contributed by atoms with Crippen molar-refractivity contribution in [2.24, 2.45) is 5.73 Å². The first-order chi connectivity index (χ1) is 9.65. The van der Waals surface area contributed by atoms with Gasteiger partial charge in [0.2, 0.25) is 5.91 Å². The number of carbonyl (C=O) groups excluding carboxylic acids is 2. The lowest BCUT2D eigenvalue weighted by atomic mass is 10.2. The molecular weight excluding hydrogens is 256 g/mol. The lowest BCUT2D eigenvalue weighted by Crippen LogP contribution is -2.28. The van der Waals surface area contributed by atoms with Gasteiger partial charge in [0.05, 0.1) is 12.2 Å². The summed E-state index contributed by atoms with van der Waals surface area (Å²) in [5.41, 5.74) is 6.77. The van der Waals surface area contributed by atoms with Gasteiger partial charge in [-0.3, -0.25) is 9.78 Å². The molecule has 1 aromatic carbocycles. The zero-order chi connectivity index (χ0) is 14.4. The number of carbonyl (C=O) groups is 2. The van der Waals surface area contributed by atoms with Gasteiger partial charge < -0.3 is 16.4 Å². The van der Waals surface area contributed by atoms with Crippen molar-refractivity contribution in [2.75, 3.05) is 5.32 Å². The lowest BCUT2D eigenvalue weighted by molar-refractivity contribution is 0.100. The highest BCUT2D eigenvalue weighted by atomic mass is 16.2. The smallest absolute Gasteiger partial charge is 0.319 e. The molecule has 0 aliphatic carbocycles. The summed E-state index contributed by atoms with van der Waals surface area (Å²) in [5, 5.41) is 5.29. The Kier molecular flexibility index (Phi) is 4.28. The number of nitrogens with two attached hydrogens (primary N) is 1. The summed E-state index contributed by atoms with van der Waals surface area (Å²) >= 11 is 0. The van der Waals surface area contributed by atoms with Crippen LogP contribution in [-0.4, -0.2) is 16.9 Å². The summed E-state index contributed by atoms with van der Waals surface area (Å²) in [5.74, 6) is -0.539. The van der Waals surface area contributed by atoms with Crippen molar-refractivity contribution in [1.82, 2.24) is 10.3 Å². The maximum atomic E-state index is 11.7. The summed E-state index contributed by atoms with van der Waals surface area (Å²) in [6.45, 7) is 0.322. The number of hydrogen-bond acceptors (Lipinski definition) is 3. The zero-order valence-electron chi connectivity index (χ0n) is 10.7. The molecule has 0 atom stereocenters. The Labute approximate surface area is 116 Å². The predicted octanol–water partition coefficient (Wildman–Crippen LogP) is 1.50. The number of nitrogens with zero attached hydrogens (tertiary/aromatic N) is 1. The molecule has 0 unspecified atom stereocenters. The van der Waals surface area contributed by atoms with Crippen LogP contribution in [0.1, 0.15) is 16.1 Å². The molecule has 0 spiro atoms. The van der Waals surface area contributed by atoms with Crippen LogP contribution in [0.5, 0.6) is 0 Å². The summed E-state index contributed by atoms with van der Waals surface area (Å²) in [4.78, 5) is 26.8. The molecule has 3 amide bonds. The van der Waals surface area contributed by atoms with E-state index in [1.54, 1.807) is 30.5 Å². The molecule has 6 heteroatoms. The number of benzene rings is 1. The minimum absolute atomic E-state index is 0.322. The first-order valence-electron chi connectivity index (χ1n) is 6.00. The number of hydrogen-bond donors (Lipinski definition) is 3. The van der Waals surface area contributed by atoms with E-state index in [2.05, 4.69) is 15.6 Å². The highest BCUT2D eigenvalue weighted by Crippen LogP contribution is 2.09. The number of amides is 3. The van der Waals surface area contributed by atoms with Gasteiger partial charge in [0, 0.05) is 17.4 Å². The first-order valence-corrected chi connectivity index (χ1v) is 6.00. The van der Waals surface area contributed by atoms with Crippen LogP contribution in [0.2, 0.25) is 0 Å². The number of primary amides is 1. The molecule has 0 fully saturated rings. The molecule has 4 N–H and O–H groups in total. The topological polar surface area (TPSA) is 97.1 Å². The Bertz CT molecular complexity index is 614. The summed E-state index contributed by atoms with van der Waals surface area (Å²) in [7, 11) is 0. The molecule has 1 aromatic heterocycles. The number of pyridine rings is 1. The van der Waals surface area contributed by atoms with Crippen molar-refractivity contribution in [1.29, 1.82) is 0 Å². The van der Waals surface area contributed by atoms with Crippen LogP contribution in [-0.2, 0) is 6.54 Å². The van der Waals surface area contributed by atoms with Crippen LogP contribution in [0, 0.1) is 0 Å². The van der Waals surface area contributed by atoms with E-state index in [1.807, 2.05) is 12.1 Å². The molecule has 0 radical (unpaired) electrons. The van der Waals surface area contributed by atoms with Gasteiger partial charge in [-0.25, -0.2) is 4.79 Å². The monoisotopic (exact) mass is 270 g/mol. The van der Waals surface area contributed by atoms with Crippen molar-refractivity contribution >= 4 is 17.6 Å². The quantitative estimate of drug-likeness (QED) is 0.785. The van der Waals surface area contributed by atoms with E-state index in [0.29, 0.717) is 17.8 Å². The second-order valence-corrected chi connectivity index (χ2v) is 4.07. The van der Waals surface area contributed by atoms with Crippen molar-refractivity contribution in [3.05, 3.63) is 59.9 Å². The van der Waals surface area contributed by atoms with Crippen LogP contribution in [0.3, 0.4) is 0 Å². The van der Waals surface area contributed by atoms with Crippen molar-refractivity contribution < 1.29 is 9.59 Å². The second kappa shape index (κ2) is 6.33. The Hall–Kier alpha value is -2.89. The van der Waals surface area contributed by atoms with E-state index in [1.165, 1.54) is 6.07 Å². The minimum atomic E-state index is -0.539. The van der Waals surface area contributed by atoms with Crippen LogP contribution in [0.15, 0.2) is 48.7 Å². The van der Waals surface area contributed by atoms with Crippen molar-refractivity contribution in [2.45, 2.75) is 6.54 Å². The van der Waals surface area contributed by atoms with Gasteiger partial charge in [-0.05, 0) is 30.3 Å². The third-order valence-corrected chi connectivity index (χ3v) is 2.56. The number of anilines is 1. The van der Waals surface area contributed by atoms with E-state index in [9.17, 15) is 9.59 Å². The maximum Gasteiger partial charge on any atom is 0.319 e. The largest absolute Gasteiger partial charge is 0.366 e. The number of rotatable bonds is 4. The Morgan fingerprint density at radius 1 is 1.15 bits per heavy atom. The average Bonchev–Trinajstić information content (AvgIpc) is 2.46. The van der Waals surface area contributed by atoms with E-state index >= 15 is 0 Å². The third-order valence-electron chi connectivity index (χ3n) is 2.56. The Morgan fingerprint density at radius 2 is 2.00 bits per heavy atom. The summed E-state index contributed by atoms with van der Waals surface area (Å²) in [6, 6.07) is 11.5. The van der Waals surface area contributed by atoms with Gasteiger partial charge in [-0.15, -0.1) is 0 Å². The van der Waals surface area contributed by atoms with Gasteiger partial charge in [0.1, 0.15) is 0 Å². The molecule has 6 nitrogen and oxygen atoms in total. The van der Waals surface area contributed by atoms with Crippen LogP contribution in [0.4, 0.5) is 10.5 Å². The minimum Gasteiger partial charge on any atom is -0.366 e. The fourth-order valence-corrected chi connectivity index (χ4v) is 1.60. The van der Waals surface area contributed by atoms with E-state index in [4.69, 9.17) is 5.73 Å². The third kappa shape index (κ3) is 3.81. The van der Waals surface area contributed by atoms with E-state index in [-0.39, 0.29) is 6.03 Å². The molecule has 0 aliphatic heterocycles. The van der Waals surface area contributed by atoms with Crippen molar-refractivity contribution in [3.8, 4) is 0 Å². The van der Waals surface area contributed by atoms with Crippen LogP contribution >= 0.6 is 0 Å². The van der Waals surface area contributed by atoms with Crippen molar-refractivity contribution in [3.63, 3.8) is 0 Å². The van der Waals surface area contributed by atoms with Crippen LogP contribution < -0.4 is 16.4 Å². The SMILES string of the molecule is NC(=O)c1cccc(NC(=O)NCc2ccccn2)c1. The highest BCUT2D eigenvalue weighted by molar-refractivity contribution is 5.95. The predicted molar refractivity (Wildman–Crippen MR) is 75.1 cm³/mol. The maximum absolute atomic E-state index is 11.7. The number of urea groups is 1. The zero-order valence-corrected chi connectivity index (χ0v) is 10.7. The van der Waals surface area contributed by atoms with Gasteiger partial charge in [0.25, 0.3) is 0 Å². The van der Waals surface area contributed by atoms with Gasteiger partial charge in [-0.2, -0.15) is 0 Å². The molecule has 102 valence electrons. The molecular formula is C14H14N4O2. The summed E-state index contributed by atoms with van der Waals surface area (Å²) < 4.78 is 0. The molecule has 20 heavy (non-hydrogen) atoms. The number of nitrogens with one attached hydrogen (secondary N) is 2. The average molecular weight is 270 g/mol. The normalized spacial score (nSPS) is 9.80. The summed E-state index contributed by atoms with van der Waals surface area (Å²) in [6.07, 6.45) is 1.66. The molecule has 2 rings (SSSR count). The second-order valence-electron chi connectivity index (χ2n) is 4.07. The van der Waals surface area contributed by atoms with E-state index < -0.39 is 5.91 Å². The lowest BCUT2D eigenvalue weighted by Gasteiger charge is -2.08. The molecule has 1 heterocycles. The molecule has 0 bridgehead atoms. The molecule has 0 saturated carbocycles. The standard InChI is InChI=1S/C14H14N4O2/c15-13(19)10-4-3-6-11(8-10)18-14(20)17-9-12-5-1-2-7-16-12/h1-8H,9H2,(H2,15,19)(H2,17,18,20).